The number of aromatic amines is 1. The van der Waals surface area contributed by atoms with Crippen LogP contribution in [0.1, 0.15) is 37.8 Å². The molecule has 0 radical (unpaired) electrons. The normalized spacial score (nSPS) is 31.8. The quantitative estimate of drug-likeness (QED) is 0.850. The first-order chi connectivity index (χ1) is 9.78. The second-order valence-electron chi connectivity index (χ2n) is 5.83. The predicted molar refractivity (Wildman–Crippen MR) is 74.1 cm³/mol. The van der Waals surface area contributed by atoms with Gasteiger partial charge in [-0.25, -0.2) is 4.98 Å². The second kappa shape index (κ2) is 6.20. The number of H-pyrrole nitrogens is 1. The van der Waals surface area contributed by atoms with Crippen molar-refractivity contribution in [2.24, 2.45) is 5.92 Å². The van der Waals surface area contributed by atoms with Gasteiger partial charge in [0.15, 0.2) is 0 Å². The molecule has 2 fully saturated rings. The van der Waals surface area contributed by atoms with Gasteiger partial charge in [0, 0.05) is 24.9 Å². The monoisotopic (exact) mass is 280 g/mol. The number of aliphatic hydroxyl groups is 1. The van der Waals surface area contributed by atoms with E-state index in [1.54, 1.807) is 0 Å². The van der Waals surface area contributed by atoms with Crippen LogP contribution in [0.15, 0.2) is 0 Å². The summed E-state index contributed by atoms with van der Waals surface area (Å²) >= 11 is 0. The number of nitrogens with zero attached hydrogens (tertiary/aromatic N) is 3. The van der Waals surface area contributed by atoms with Crippen LogP contribution < -0.4 is 0 Å². The minimum atomic E-state index is -0.176. The van der Waals surface area contributed by atoms with Gasteiger partial charge in [-0.05, 0) is 12.8 Å². The lowest BCUT2D eigenvalue weighted by molar-refractivity contribution is -0.0545. The maximum Gasteiger partial charge on any atom is 0.150 e. The van der Waals surface area contributed by atoms with Crippen LogP contribution in [0.5, 0.6) is 0 Å². The third-order valence-electron chi connectivity index (χ3n) is 4.55. The van der Waals surface area contributed by atoms with E-state index in [9.17, 15) is 5.11 Å². The Balaban J connectivity index is 1.68. The zero-order chi connectivity index (χ0) is 13.9. The number of ether oxygens (including phenoxy) is 1. The van der Waals surface area contributed by atoms with Crippen molar-refractivity contribution in [3.05, 3.63) is 11.6 Å². The number of nitrogens with one attached hydrogen (secondary N) is 1. The molecule has 0 spiro atoms. The summed E-state index contributed by atoms with van der Waals surface area (Å²) in [5.74, 6) is 2.12. The lowest BCUT2D eigenvalue weighted by atomic mass is 9.94. The first kappa shape index (κ1) is 14.0. The van der Waals surface area contributed by atoms with Crippen LogP contribution >= 0.6 is 0 Å². The summed E-state index contributed by atoms with van der Waals surface area (Å²) in [4.78, 5) is 6.88. The summed E-state index contributed by atoms with van der Waals surface area (Å²) in [5.41, 5.74) is 0. The van der Waals surface area contributed by atoms with Gasteiger partial charge in [0.2, 0.25) is 0 Å². The minimum Gasteiger partial charge on any atom is -0.393 e. The molecule has 1 aliphatic carbocycles. The van der Waals surface area contributed by atoms with E-state index in [1.807, 2.05) is 0 Å². The minimum absolute atomic E-state index is 0.176. The van der Waals surface area contributed by atoms with Crippen molar-refractivity contribution < 1.29 is 9.84 Å². The SMILES string of the molecule is CCc1n[nH]c(CN2CCOCC2C2CCCC2O)n1. The summed E-state index contributed by atoms with van der Waals surface area (Å²) in [6.07, 6.45) is 3.83. The fourth-order valence-electron chi connectivity index (χ4n) is 3.42. The van der Waals surface area contributed by atoms with Gasteiger partial charge in [-0.1, -0.05) is 13.3 Å². The molecule has 3 rings (SSSR count). The number of hydrogen-bond donors (Lipinski definition) is 2. The zero-order valence-electron chi connectivity index (χ0n) is 12.1. The molecular formula is C14H24N4O2. The van der Waals surface area contributed by atoms with Crippen molar-refractivity contribution in [2.45, 2.75) is 51.3 Å². The molecule has 1 saturated heterocycles. The van der Waals surface area contributed by atoms with Gasteiger partial charge < -0.3 is 9.84 Å². The first-order valence-corrected chi connectivity index (χ1v) is 7.68. The molecule has 3 atom stereocenters. The second-order valence-corrected chi connectivity index (χ2v) is 5.83. The van der Waals surface area contributed by atoms with E-state index >= 15 is 0 Å². The average molecular weight is 280 g/mol. The molecule has 1 saturated carbocycles. The third-order valence-corrected chi connectivity index (χ3v) is 4.55. The molecule has 0 amide bonds. The summed E-state index contributed by atoms with van der Waals surface area (Å²) in [7, 11) is 0. The molecule has 1 aromatic rings. The Morgan fingerprint density at radius 2 is 2.35 bits per heavy atom. The highest BCUT2D eigenvalue weighted by Gasteiger charge is 2.37. The van der Waals surface area contributed by atoms with Crippen LogP contribution in [0.4, 0.5) is 0 Å². The van der Waals surface area contributed by atoms with Crippen molar-refractivity contribution in [2.75, 3.05) is 19.8 Å². The van der Waals surface area contributed by atoms with Gasteiger partial charge in [0.1, 0.15) is 11.6 Å². The standard InChI is InChI=1S/C14H24N4O2/c1-2-13-15-14(17-16-13)8-18-6-7-20-9-11(18)10-4-3-5-12(10)19/h10-12,19H,2-9H2,1H3,(H,15,16,17). The van der Waals surface area contributed by atoms with Crippen LogP contribution in [0.25, 0.3) is 0 Å². The van der Waals surface area contributed by atoms with Gasteiger partial charge in [-0.3, -0.25) is 10.00 Å². The predicted octanol–water partition coefficient (Wildman–Crippen LogP) is 0.729. The molecule has 2 aliphatic rings. The summed E-state index contributed by atoms with van der Waals surface area (Å²) in [6, 6.07) is 0.302. The van der Waals surface area contributed by atoms with Crippen LogP contribution in [0.3, 0.4) is 0 Å². The molecule has 1 aliphatic heterocycles. The van der Waals surface area contributed by atoms with Gasteiger partial charge in [0.25, 0.3) is 0 Å². The van der Waals surface area contributed by atoms with E-state index in [0.29, 0.717) is 12.0 Å². The van der Waals surface area contributed by atoms with Gasteiger partial charge >= 0.3 is 0 Å². The Hall–Kier alpha value is -0.980. The highest BCUT2D eigenvalue weighted by atomic mass is 16.5. The van der Waals surface area contributed by atoms with Crippen molar-refractivity contribution >= 4 is 0 Å². The summed E-state index contributed by atoms with van der Waals surface area (Å²) in [5, 5.41) is 17.4. The molecule has 2 N–H and O–H groups in total. The Bertz CT molecular complexity index is 437. The van der Waals surface area contributed by atoms with E-state index in [1.165, 1.54) is 0 Å². The molecule has 6 heteroatoms. The fraction of sp³-hybridized carbons (Fsp3) is 0.857. The maximum atomic E-state index is 10.1. The highest BCUT2D eigenvalue weighted by molar-refractivity contribution is 4.94. The average Bonchev–Trinajstić information content (AvgIpc) is 3.08. The van der Waals surface area contributed by atoms with E-state index in [0.717, 1.165) is 63.6 Å². The third kappa shape index (κ3) is 2.87. The van der Waals surface area contributed by atoms with Gasteiger partial charge in [-0.15, -0.1) is 0 Å². The van der Waals surface area contributed by atoms with Crippen LogP contribution in [-0.4, -0.2) is 57.1 Å². The first-order valence-electron chi connectivity index (χ1n) is 7.68. The Morgan fingerprint density at radius 1 is 1.45 bits per heavy atom. The van der Waals surface area contributed by atoms with E-state index in [2.05, 4.69) is 27.0 Å². The van der Waals surface area contributed by atoms with Crippen LogP contribution in [-0.2, 0) is 17.7 Å². The zero-order valence-corrected chi connectivity index (χ0v) is 12.1. The maximum absolute atomic E-state index is 10.1. The molecule has 2 heterocycles. The Kier molecular flexibility index (Phi) is 4.33. The highest BCUT2D eigenvalue weighted by Crippen LogP contribution is 2.32. The van der Waals surface area contributed by atoms with E-state index in [4.69, 9.17) is 4.74 Å². The van der Waals surface area contributed by atoms with Crippen LogP contribution in [0, 0.1) is 5.92 Å². The molecule has 3 unspecified atom stereocenters. The summed E-state index contributed by atoms with van der Waals surface area (Å²) < 4.78 is 5.64. The summed E-state index contributed by atoms with van der Waals surface area (Å²) in [6.45, 7) is 5.20. The largest absolute Gasteiger partial charge is 0.393 e. The lowest BCUT2D eigenvalue weighted by Gasteiger charge is -2.39. The van der Waals surface area contributed by atoms with Crippen molar-refractivity contribution in [1.29, 1.82) is 0 Å². The lowest BCUT2D eigenvalue weighted by Crippen LogP contribution is -2.50. The number of morpholine rings is 1. The van der Waals surface area contributed by atoms with Gasteiger partial charge in [-0.2, -0.15) is 5.10 Å². The smallest absolute Gasteiger partial charge is 0.150 e. The van der Waals surface area contributed by atoms with E-state index < -0.39 is 0 Å². The molecule has 20 heavy (non-hydrogen) atoms. The molecule has 112 valence electrons. The van der Waals surface area contributed by atoms with Crippen LogP contribution in [0.2, 0.25) is 0 Å². The number of rotatable bonds is 4. The fourth-order valence-corrected chi connectivity index (χ4v) is 3.42. The number of hydrogen-bond acceptors (Lipinski definition) is 5. The van der Waals surface area contributed by atoms with Crippen molar-refractivity contribution in [3.63, 3.8) is 0 Å². The molecule has 0 bridgehead atoms. The Morgan fingerprint density at radius 3 is 3.05 bits per heavy atom. The topological polar surface area (TPSA) is 74.3 Å². The van der Waals surface area contributed by atoms with Gasteiger partial charge in [0.05, 0.1) is 25.9 Å². The number of aryl methyl sites for hydroxylation is 1. The molecule has 6 nitrogen and oxygen atoms in total. The number of aromatic nitrogens is 3. The van der Waals surface area contributed by atoms with Crippen molar-refractivity contribution in [1.82, 2.24) is 20.1 Å². The number of aliphatic hydroxyl groups excluding tert-OH is 1. The molecular weight excluding hydrogens is 256 g/mol. The Labute approximate surface area is 119 Å². The molecule has 1 aromatic heterocycles. The van der Waals surface area contributed by atoms with Crippen molar-refractivity contribution in [3.8, 4) is 0 Å². The van der Waals surface area contributed by atoms with E-state index in [-0.39, 0.29) is 6.10 Å². The molecule has 0 aromatic carbocycles.